The third-order valence-electron chi connectivity index (χ3n) is 3.09. The van der Waals surface area contributed by atoms with Crippen molar-refractivity contribution in [3.05, 3.63) is 56.8 Å². The summed E-state index contributed by atoms with van der Waals surface area (Å²) in [7, 11) is 1.13. The molecule has 0 aliphatic carbocycles. The molecule has 0 N–H and O–H groups in total. The van der Waals surface area contributed by atoms with Crippen LogP contribution in [-0.4, -0.2) is 34.2 Å². The van der Waals surface area contributed by atoms with Crippen LogP contribution in [0.5, 0.6) is 5.75 Å². The molecule has 1 aromatic heterocycles. The summed E-state index contributed by atoms with van der Waals surface area (Å²) in [4.78, 5) is 36.5. The Morgan fingerprint density at radius 2 is 2.04 bits per heavy atom. The van der Waals surface area contributed by atoms with Crippen molar-refractivity contribution in [3.63, 3.8) is 0 Å². The standard InChI is InChI=1S/C14H10F3N3O6/c1-25-13(22)6-26-8-2-3-9(20(23)24)10(4-8)19-7-18-11(5-12(19)21)14(15,16)17/h2-5,7H,6H2,1H3. The zero-order valence-corrected chi connectivity index (χ0v) is 13.0. The van der Waals surface area contributed by atoms with E-state index in [0.717, 1.165) is 25.3 Å². The second-order valence-electron chi connectivity index (χ2n) is 4.75. The van der Waals surface area contributed by atoms with E-state index in [4.69, 9.17) is 4.74 Å². The second kappa shape index (κ2) is 7.21. The minimum atomic E-state index is -4.84. The Balaban J connectivity index is 2.51. The van der Waals surface area contributed by atoms with Crippen LogP contribution in [0.15, 0.2) is 35.4 Å². The fourth-order valence-electron chi connectivity index (χ4n) is 1.88. The van der Waals surface area contributed by atoms with Gasteiger partial charge in [-0.2, -0.15) is 13.2 Å². The fourth-order valence-corrected chi connectivity index (χ4v) is 1.88. The van der Waals surface area contributed by atoms with Crippen molar-refractivity contribution in [2.75, 3.05) is 13.7 Å². The summed E-state index contributed by atoms with van der Waals surface area (Å²) in [5, 5.41) is 11.1. The number of nitro benzene ring substituents is 1. The molecule has 0 aliphatic heterocycles. The van der Waals surface area contributed by atoms with Gasteiger partial charge in [-0.15, -0.1) is 0 Å². The van der Waals surface area contributed by atoms with Crippen molar-refractivity contribution in [2.45, 2.75) is 6.18 Å². The molecular formula is C14H10F3N3O6. The van der Waals surface area contributed by atoms with Crippen molar-refractivity contribution in [1.29, 1.82) is 0 Å². The van der Waals surface area contributed by atoms with Gasteiger partial charge in [-0.1, -0.05) is 0 Å². The van der Waals surface area contributed by atoms with E-state index in [9.17, 15) is 32.9 Å². The Morgan fingerprint density at radius 1 is 1.35 bits per heavy atom. The first-order chi connectivity index (χ1) is 12.1. The molecule has 1 heterocycles. The zero-order valence-electron chi connectivity index (χ0n) is 13.0. The molecule has 0 radical (unpaired) electrons. The Bertz CT molecular complexity index is 910. The second-order valence-corrected chi connectivity index (χ2v) is 4.75. The van der Waals surface area contributed by atoms with Crippen LogP contribution in [0.2, 0.25) is 0 Å². The summed E-state index contributed by atoms with van der Waals surface area (Å²) in [5.74, 6) is -0.763. The molecule has 26 heavy (non-hydrogen) atoms. The molecule has 0 spiro atoms. The molecule has 0 aliphatic rings. The molecule has 1 aromatic carbocycles. The predicted octanol–water partition coefficient (Wildman–Crippen LogP) is 1.71. The number of hydrogen-bond acceptors (Lipinski definition) is 7. The number of esters is 1. The molecule has 0 bridgehead atoms. The molecule has 2 aromatic rings. The largest absolute Gasteiger partial charge is 0.482 e. The molecule has 0 unspecified atom stereocenters. The average molecular weight is 373 g/mol. The minimum Gasteiger partial charge on any atom is -0.482 e. The molecule has 0 atom stereocenters. The average Bonchev–Trinajstić information content (AvgIpc) is 2.58. The summed E-state index contributed by atoms with van der Waals surface area (Å²) in [6, 6.07) is 3.38. The van der Waals surface area contributed by atoms with Gasteiger partial charge in [0.15, 0.2) is 12.3 Å². The Labute approximate surface area is 142 Å². The third-order valence-corrected chi connectivity index (χ3v) is 3.09. The number of carbonyl (C=O) groups excluding carboxylic acids is 1. The molecule has 0 saturated heterocycles. The summed E-state index contributed by atoms with van der Waals surface area (Å²) in [6.07, 6.45) is -4.31. The van der Waals surface area contributed by atoms with Gasteiger partial charge in [0.1, 0.15) is 17.8 Å². The fraction of sp³-hybridized carbons (Fsp3) is 0.214. The molecule has 138 valence electrons. The van der Waals surface area contributed by atoms with E-state index < -0.39 is 40.6 Å². The van der Waals surface area contributed by atoms with Crippen LogP contribution in [0.1, 0.15) is 5.69 Å². The van der Waals surface area contributed by atoms with E-state index >= 15 is 0 Å². The number of ether oxygens (including phenoxy) is 2. The van der Waals surface area contributed by atoms with Crippen LogP contribution >= 0.6 is 0 Å². The smallest absolute Gasteiger partial charge is 0.433 e. The Hall–Kier alpha value is -3.44. The zero-order chi connectivity index (χ0) is 19.5. The van der Waals surface area contributed by atoms with Crippen LogP contribution < -0.4 is 10.3 Å². The van der Waals surface area contributed by atoms with Crippen molar-refractivity contribution >= 4 is 11.7 Å². The van der Waals surface area contributed by atoms with Crippen LogP contribution in [0.4, 0.5) is 18.9 Å². The number of aromatic nitrogens is 2. The van der Waals surface area contributed by atoms with Gasteiger partial charge in [-0.05, 0) is 6.07 Å². The highest BCUT2D eigenvalue weighted by atomic mass is 19.4. The van der Waals surface area contributed by atoms with Crippen LogP contribution in [-0.2, 0) is 15.7 Å². The van der Waals surface area contributed by atoms with Crippen molar-refractivity contribution in [2.24, 2.45) is 0 Å². The number of nitro groups is 1. The van der Waals surface area contributed by atoms with Gasteiger partial charge in [-0.25, -0.2) is 9.78 Å². The van der Waals surface area contributed by atoms with Gasteiger partial charge in [0.2, 0.25) is 0 Å². The van der Waals surface area contributed by atoms with Gasteiger partial charge in [0.05, 0.1) is 12.0 Å². The summed E-state index contributed by atoms with van der Waals surface area (Å²) in [5.41, 5.74) is -3.55. The molecular weight excluding hydrogens is 363 g/mol. The summed E-state index contributed by atoms with van der Waals surface area (Å²) >= 11 is 0. The van der Waals surface area contributed by atoms with E-state index in [1.54, 1.807) is 0 Å². The first-order valence-electron chi connectivity index (χ1n) is 6.78. The molecule has 0 fully saturated rings. The first-order valence-corrected chi connectivity index (χ1v) is 6.78. The molecule has 9 nitrogen and oxygen atoms in total. The lowest BCUT2D eigenvalue weighted by molar-refractivity contribution is -0.384. The van der Waals surface area contributed by atoms with Gasteiger partial charge < -0.3 is 9.47 Å². The maximum Gasteiger partial charge on any atom is 0.433 e. The van der Waals surface area contributed by atoms with Crippen molar-refractivity contribution in [3.8, 4) is 11.4 Å². The highest BCUT2D eigenvalue weighted by molar-refractivity contribution is 5.71. The number of nitrogens with zero attached hydrogens (tertiary/aromatic N) is 3. The summed E-state index contributed by atoms with van der Waals surface area (Å²) in [6.45, 7) is -0.506. The van der Waals surface area contributed by atoms with E-state index in [1.807, 2.05) is 0 Å². The number of hydrogen-bond donors (Lipinski definition) is 0. The predicted molar refractivity (Wildman–Crippen MR) is 79.0 cm³/mol. The number of carbonyl (C=O) groups is 1. The highest BCUT2D eigenvalue weighted by Gasteiger charge is 2.33. The van der Waals surface area contributed by atoms with E-state index in [0.29, 0.717) is 10.9 Å². The summed E-state index contributed by atoms with van der Waals surface area (Å²) < 4.78 is 47.8. The topological polar surface area (TPSA) is 114 Å². The highest BCUT2D eigenvalue weighted by Crippen LogP contribution is 2.28. The Kier molecular flexibility index (Phi) is 5.24. The van der Waals surface area contributed by atoms with Gasteiger partial charge >= 0.3 is 12.1 Å². The number of benzene rings is 1. The van der Waals surface area contributed by atoms with E-state index in [2.05, 4.69) is 9.72 Å². The number of rotatable bonds is 5. The van der Waals surface area contributed by atoms with Gasteiger partial charge in [0, 0.05) is 18.2 Å². The van der Waals surface area contributed by atoms with Gasteiger partial charge in [-0.3, -0.25) is 19.5 Å². The van der Waals surface area contributed by atoms with E-state index in [1.165, 1.54) is 0 Å². The lowest BCUT2D eigenvalue weighted by Gasteiger charge is -2.11. The number of alkyl halides is 3. The van der Waals surface area contributed by atoms with E-state index in [-0.39, 0.29) is 17.5 Å². The monoisotopic (exact) mass is 373 g/mol. The number of methoxy groups -OCH3 is 1. The third kappa shape index (κ3) is 4.15. The molecule has 0 amide bonds. The molecule has 0 saturated carbocycles. The molecule has 2 rings (SSSR count). The van der Waals surface area contributed by atoms with Gasteiger partial charge in [0.25, 0.3) is 11.2 Å². The maximum absolute atomic E-state index is 12.6. The van der Waals surface area contributed by atoms with Crippen molar-refractivity contribution in [1.82, 2.24) is 9.55 Å². The quantitative estimate of drug-likeness (QED) is 0.445. The van der Waals surface area contributed by atoms with Crippen LogP contribution in [0.3, 0.4) is 0 Å². The first kappa shape index (κ1) is 18.9. The normalized spacial score (nSPS) is 11.1. The van der Waals surface area contributed by atoms with Crippen molar-refractivity contribution < 1.29 is 32.4 Å². The van der Waals surface area contributed by atoms with Crippen LogP contribution in [0, 0.1) is 10.1 Å². The minimum absolute atomic E-state index is 0.0391. The lowest BCUT2D eigenvalue weighted by Crippen LogP contribution is -2.23. The molecule has 12 heteroatoms. The lowest BCUT2D eigenvalue weighted by atomic mass is 10.2. The SMILES string of the molecule is COC(=O)COc1ccc([N+](=O)[O-])c(-n2cnc(C(F)(F)F)cc2=O)c1. The Morgan fingerprint density at radius 3 is 2.58 bits per heavy atom. The number of halogens is 3. The maximum atomic E-state index is 12.6. The van der Waals surface area contributed by atoms with Crippen LogP contribution in [0.25, 0.3) is 5.69 Å².